The lowest BCUT2D eigenvalue weighted by atomic mass is 10.1. The molecule has 1 rings (SSSR count). The summed E-state index contributed by atoms with van der Waals surface area (Å²) in [4.78, 5) is 36.0. The Morgan fingerprint density at radius 2 is 2.14 bits per heavy atom. The predicted octanol–water partition coefficient (Wildman–Crippen LogP) is -0.228. The molecule has 0 saturated carbocycles. The van der Waals surface area contributed by atoms with Crippen molar-refractivity contribution in [3.05, 3.63) is 0 Å². The largest absolute Gasteiger partial charge is 0.480 e. The van der Waals surface area contributed by atoms with Gasteiger partial charge in [0.05, 0.1) is 6.54 Å². The van der Waals surface area contributed by atoms with Gasteiger partial charge in [0.2, 0.25) is 5.91 Å². The fourth-order valence-electron chi connectivity index (χ4n) is 2.04. The Kier molecular flexibility index (Phi) is 5.54. The molecule has 0 spiro atoms. The number of alkyl carbamates (subject to hydrolysis) is 1. The van der Waals surface area contributed by atoms with E-state index in [0.29, 0.717) is 19.5 Å². The molecule has 1 heterocycles. The molecular weight excluding hydrogens is 278 g/mol. The molecule has 0 aliphatic carbocycles. The van der Waals surface area contributed by atoms with E-state index in [4.69, 9.17) is 15.6 Å². The first-order valence-corrected chi connectivity index (χ1v) is 6.82. The number of nitrogens with one attached hydrogen (secondary N) is 1. The number of amides is 2. The number of carboxylic acid groups (broad SMARTS) is 1. The summed E-state index contributed by atoms with van der Waals surface area (Å²) in [7, 11) is 0. The third-order valence-corrected chi connectivity index (χ3v) is 3.02. The summed E-state index contributed by atoms with van der Waals surface area (Å²) < 4.78 is 5.02. The highest BCUT2D eigenvalue weighted by Crippen LogP contribution is 2.16. The zero-order chi connectivity index (χ0) is 16.2. The quantitative estimate of drug-likeness (QED) is 0.645. The number of nitrogens with two attached hydrogens (primary N) is 1. The van der Waals surface area contributed by atoms with Crippen LogP contribution in [0.25, 0.3) is 0 Å². The van der Waals surface area contributed by atoms with Crippen LogP contribution in [0.3, 0.4) is 0 Å². The molecule has 1 saturated heterocycles. The lowest BCUT2D eigenvalue weighted by Crippen LogP contribution is -2.50. The first-order valence-electron chi connectivity index (χ1n) is 6.82. The molecule has 21 heavy (non-hydrogen) atoms. The molecule has 0 radical (unpaired) electrons. The van der Waals surface area contributed by atoms with Gasteiger partial charge in [-0.2, -0.15) is 0 Å². The van der Waals surface area contributed by atoms with E-state index in [2.05, 4.69) is 5.32 Å². The van der Waals surface area contributed by atoms with Gasteiger partial charge < -0.3 is 25.8 Å². The van der Waals surface area contributed by atoms with E-state index >= 15 is 0 Å². The third kappa shape index (κ3) is 5.58. The Balaban J connectivity index is 2.60. The van der Waals surface area contributed by atoms with Crippen molar-refractivity contribution in [1.82, 2.24) is 10.2 Å². The minimum Gasteiger partial charge on any atom is -0.480 e. The number of nitrogens with zero attached hydrogens (tertiary/aromatic N) is 1. The van der Waals surface area contributed by atoms with Crippen molar-refractivity contribution in [3.8, 4) is 0 Å². The summed E-state index contributed by atoms with van der Waals surface area (Å²) >= 11 is 0. The number of hydrogen-bond acceptors (Lipinski definition) is 5. The van der Waals surface area contributed by atoms with Gasteiger partial charge in [0.1, 0.15) is 11.6 Å². The van der Waals surface area contributed by atoms with Crippen molar-refractivity contribution in [1.29, 1.82) is 0 Å². The summed E-state index contributed by atoms with van der Waals surface area (Å²) in [5.41, 5.74) is 4.79. The molecular formula is C13H23N3O5. The zero-order valence-corrected chi connectivity index (χ0v) is 12.6. The van der Waals surface area contributed by atoms with E-state index in [1.54, 1.807) is 20.8 Å². The van der Waals surface area contributed by atoms with E-state index < -0.39 is 23.7 Å². The summed E-state index contributed by atoms with van der Waals surface area (Å²) in [6, 6.07) is -1.21. The van der Waals surface area contributed by atoms with Crippen molar-refractivity contribution in [2.45, 2.75) is 38.8 Å². The van der Waals surface area contributed by atoms with Crippen LogP contribution in [0.5, 0.6) is 0 Å². The zero-order valence-electron chi connectivity index (χ0n) is 12.6. The highest BCUT2D eigenvalue weighted by Gasteiger charge is 2.33. The predicted molar refractivity (Wildman–Crippen MR) is 74.5 cm³/mol. The second-order valence-corrected chi connectivity index (χ2v) is 6.14. The Hall–Kier alpha value is -1.83. The van der Waals surface area contributed by atoms with Crippen molar-refractivity contribution < 1.29 is 24.2 Å². The van der Waals surface area contributed by atoms with Crippen LogP contribution in [0.4, 0.5) is 4.79 Å². The van der Waals surface area contributed by atoms with E-state index in [0.717, 1.165) is 0 Å². The molecule has 1 unspecified atom stereocenters. The molecule has 1 aliphatic heterocycles. The van der Waals surface area contributed by atoms with Crippen molar-refractivity contribution in [2.24, 2.45) is 11.7 Å². The standard InChI is InChI=1S/C13H23N3O5/c1-13(2,3)21-12(20)15-9(11(18)19)7-16-6-8(5-14)4-10(16)17/h8-9H,4-7,14H2,1-3H3,(H,15,20)(H,18,19)/t8?,9-/m1/s1. The first-order chi connectivity index (χ1) is 9.62. The van der Waals surface area contributed by atoms with Crippen LogP contribution in [-0.4, -0.2) is 59.3 Å². The number of aliphatic carboxylic acids is 1. The molecule has 2 atom stereocenters. The smallest absolute Gasteiger partial charge is 0.408 e. The second kappa shape index (κ2) is 6.75. The molecule has 0 aromatic carbocycles. The van der Waals surface area contributed by atoms with E-state index in [1.807, 2.05) is 0 Å². The first kappa shape index (κ1) is 17.2. The fraction of sp³-hybridized carbons (Fsp3) is 0.769. The number of carbonyl (C=O) groups excluding carboxylic acids is 2. The number of carbonyl (C=O) groups is 3. The molecule has 4 N–H and O–H groups in total. The molecule has 0 aromatic heterocycles. The Bertz CT molecular complexity index is 419. The average molecular weight is 301 g/mol. The highest BCUT2D eigenvalue weighted by atomic mass is 16.6. The average Bonchev–Trinajstić information content (AvgIpc) is 2.66. The number of hydrogen-bond donors (Lipinski definition) is 3. The number of carboxylic acids is 1. The van der Waals surface area contributed by atoms with Crippen molar-refractivity contribution in [2.75, 3.05) is 19.6 Å². The molecule has 8 heteroatoms. The number of rotatable bonds is 5. The van der Waals surface area contributed by atoms with E-state index in [9.17, 15) is 14.4 Å². The molecule has 0 bridgehead atoms. The van der Waals surface area contributed by atoms with Gasteiger partial charge in [-0.15, -0.1) is 0 Å². The molecule has 0 aromatic rings. The summed E-state index contributed by atoms with van der Waals surface area (Å²) in [6.07, 6.45) is -0.508. The SMILES string of the molecule is CC(C)(C)OC(=O)N[C@H](CN1CC(CN)CC1=O)C(=O)O. The van der Waals surface area contributed by atoms with Gasteiger partial charge in [-0.05, 0) is 33.2 Å². The third-order valence-electron chi connectivity index (χ3n) is 3.02. The number of ether oxygens (including phenoxy) is 1. The van der Waals surface area contributed by atoms with Gasteiger partial charge >= 0.3 is 12.1 Å². The van der Waals surface area contributed by atoms with Crippen LogP contribution in [0.15, 0.2) is 0 Å². The minimum atomic E-state index is -1.22. The minimum absolute atomic E-state index is 0.0356. The van der Waals surface area contributed by atoms with Gasteiger partial charge in [0.15, 0.2) is 0 Å². The summed E-state index contributed by atoms with van der Waals surface area (Å²) in [5.74, 6) is -1.33. The van der Waals surface area contributed by atoms with Gasteiger partial charge in [0.25, 0.3) is 0 Å². The summed E-state index contributed by atoms with van der Waals surface area (Å²) in [6.45, 7) is 5.73. The van der Waals surface area contributed by atoms with Crippen LogP contribution in [0.1, 0.15) is 27.2 Å². The van der Waals surface area contributed by atoms with E-state index in [-0.39, 0.29) is 18.4 Å². The maximum Gasteiger partial charge on any atom is 0.408 e. The van der Waals surface area contributed by atoms with Gasteiger partial charge in [-0.25, -0.2) is 9.59 Å². The topological polar surface area (TPSA) is 122 Å². The lowest BCUT2D eigenvalue weighted by molar-refractivity contribution is -0.140. The Morgan fingerprint density at radius 1 is 1.52 bits per heavy atom. The van der Waals surface area contributed by atoms with Crippen LogP contribution in [0, 0.1) is 5.92 Å². The Labute approximate surface area is 123 Å². The Morgan fingerprint density at radius 3 is 2.57 bits per heavy atom. The molecule has 1 aliphatic rings. The molecule has 2 amide bonds. The fourth-order valence-corrected chi connectivity index (χ4v) is 2.04. The maximum atomic E-state index is 11.7. The molecule has 120 valence electrons. The second-order valence-electron chi connectivity index (χ2n) is 6.14. The normalized spacial score (nSPS) is 20.3. The highest BCUT2D eigenvalue weighted by molar-refractivity contribution is 5.83. The monoisotopic (exact) mass is 301 g/mol. The summed E-state index contributed by atoms with van der Waals surface area (Å²) in [5, 5.41) is 11.4. The van der Waals surface area contributed by atoms with Crippen molar-refractivity contribution >= 4 is 18.0 Å². The van der Waals surface area contributed by atoms with Gasteiger partial charge in [-0.3, -0.25) is 4.79 Å². The number of likely N-dealkylation sites (tertiary alicyclic amines) is 1. The maximum absolute atomic E-state index is 11.7. The molecule has 8 nitrogen and oxygen atoms in total. The van der Waals surface area contributed by atoms with Crippen LogP contribution in [0.2, 0.25) is 0 Å². The van der Waals surface area contributed by atoms with Gasteiger partial charge in [0, 0.05) is 13.0 Å². The van der Waals surface area contributed by atoms with Gasteiger partial charge in [-0.1, -0.05) is 0 Å². The lowest BCUT2D eigenvalue weighted by Gasteiger charge is -2.24. The van der Waals surface area contributed by atoms with E-state index in [1.165, 1.54) is 4.90 Å². The molecule has 1 fully saturated rings. The van der Waals surface area contributed by atoms with Crippen LogP contribution >= 0.6 is 0 Å². The van der Waals surface area contributed by atoms with Crippen LogP contribution in [-0.2, 0) is 14.3 Å². The van der Waals surface area contributed by atoms with Crippen molar-refractivity contribution in [3.63, 3.8) is 0 Å². The van der Waals surface area contributed by atoms with Crippen LogP contribution < -0.4 is 11.1 Å².